The van der Waals surface area contributed by atoms with Gasteiger partial charge < -0.3 is 52.0 Å². The third kappa shape index (κ3) is 16.1. The first kappa shape index (κ1) is 42.7. The lowest BCUT2D eigenvalue weighted by Crippen LogP contribution is -2.49. The zero-order valence-electron chi connectivity index (χ0n) is 26.9. The van der Waals surface area contributed by atoms with E-state index in [2.05, 4.69) is 33.9 Å². The largest absolute Gasteiger partial charge is 0.480 e. The van der Waals surface area contributed by atoms with Crippen LogP contribution in [0.25, 0.3) is 0 Å². The van der Waals surface area contributed by atoms with Gasteiger partial charge in [-0.05, 0) is 31.7 Å². The lowest BCUT2D eigenvalue weighted by molar-refractivity contribution is -0.142. The Morgan fingerprint density at radius 2 is 1.39 bits per heavy atom. The number of aromatic nitrogens is 1. The molecule has 0 fully saturated rings. The number of hydrogen-bond donors (Lipinski definition) is 10. The van der Waals surface area contributed by atoms with Crippen molar-refractivity contribution >= 4 is 71.9 Å². The van der Waals surface area contributed by atoms with Crippen molar-refractivity contribution in [2.75, 3.05) is 24.6 Å². The van der Waals surface area contributed by atoms with E-state index in [4.69, 9.17) is 21.1 Å². The molecule has 1 aromatic heterocycles. The van der Waals surface area contributed by atoms with Crippen LogP contribution in [-0.4, -0.2) is 115 Å². The summed E-state index contributed by atoms with van der Waals surface area (Å²) in [4.78, 5) is 95.9. The van der Waals surface area contributed by atoms with Gasteiger partial charge in [0.15, 0.2) is 0 Å². The van der Waals surface area contributed by atoms with E-state index in [0.717, 1.165) is 24.6 Å². The van der Waals surface area contributed by atoms with Crippen LogP contribution in [0.1, 0.15) is 63.6 Å². The first-order chi connectivity index (χ1) is 23.1. The van der Waals surface area contributed by atoms with Crippen molar-refractivity contribution in [1.82, 2.24) is 25.8 Å². The van der Waals surface area contributed by atoms with Gasteiger partial charge >= 0.3 is 23.9 Å². The van der Waals surface area contributed by atoms with E-state index in [9.17, 15) is 43.5 Å². The maximum absolute atomic E-state index is 12.8. The smallest absolute Gasteiger partial charge is 0.326 e. The number of unbranched alkanes of at least 4 members (excludes halogenated alkanes) is 2. The van der Waals surface area contributed by atoms with Crippen LogP contribution in [-0.2, 0) is 44.8 Å². The normalized spacial score (nSPS) is 13.3. The van der Waals surface area contributed by atoms with Gasteiger partial charge in [0.2, 0.25) is 23.6 Å². The van der Waals surface area contributed by atoms with E-state index < -0.39 is 84.8 Å². The summed E-state index contributed by atoms with van der Waals surface area (Å²) in [6.45, 7) is 0.615. The van der Waals surface area contributed by atoms with Gasteiger partial charge in [-0.15, -0.1) is 11.8 Å². The Labute approximate surface area is 291 Å². The second-order valence-electron chi connectivity index (χ2n) is 10.8. The fourth-order valence-electron chi connectivity index (χ4n) is 4.39. The highest BCUT2D eigenvalue weighted by atomic mass is 32.2. The molecule has 18 nitrogen and oxygen atoms in total. The van der Waals surface area contributed by atoms with E-state index in [1.54, 1.807) is 6.07 Å². The molecule has 0 spiro atoms. The third-order valence-electron chi connectivity index (χ3n) is 6.98. The van der Waals surface area contributed by atoms with E-state index >= 15 is 0 Å². The minimum absolute atomic E-state index is 0.0951. The summed E-state index contributed by atoms with van der Waals surface area (Å²) in [7, 11) is 0. The summed E-state index contributed by atoms with van der Waals surface area (Å²) in [5.41, 5.74) is 6.05. The first-order valence-corrected chi connectivity index (χ1v) is 16.9. The second-order valence-corrected chi connectivity index (χ2v) is 12.3. The SMILES string of the molecule is CCCCCc1c(SCC(NC(=O)CCC(N)C(=O)O)C(=O)NCC(=O)O)ccn1C(CCC(=O)NC(CS)C(=O)NCC(=O)O)C(=O)O. The number of carboxylic acid groups (broad SMARTS) is 4. The fourth-order valence-corrected chi connectivity index (χ4v) is 5.76. The van der Waals surface area contributed by atoms with Crippen molar-refractivity contribution in [3.63, 3.8) is 0 Å². The van der Waals surface area contributed by atoms with Crippen molar-refractivity contribution in [2.45, 2.75) is 87.4 Å². The molecular formula is C29H44N6O12S2. The molecule has 4 atom stereocenters. The van der Waals surface area contributed by atoms with E-state index in [1.807, 2.05) is 6.92 Å². The molecule has 4 unspecified atom stereocenters. The standard InChI is InChI=1S/C29H44N6O12S2/c1-2-3-4-5-19-21(49-15-18(27(43)32-13-25(40)41)34-22(36)8-6-16(30)28(44)45)10-11-35(19)20(29(46)47)7-9-23(37)33-17(14-48)26(42)31-12-24(38)39/h10-11,16-18,20,48H,2-9,12-15,30H2,1H3,(H,31,42)(H,32,43)(H,33,37)(H,34,36)(H,38,39)(H,40,41)(H,44,45)(H,46,47). The van der Waals surface area contributed by atoms with Crippen LogP contribution in [0.2, 0.25) is 0 Å². The van der Waals surface area contributed by atoms with Gasteiger partial charge in [-0.3, -0.25) is 33.6 Å². The van der Waals surface area contributed by atoms with Gasteiger partial charge in [0, 0.05) is 41.1 Å². The molecule has 0 aliphatic rings. The molecule has 274 valence electrons. The molecule has 0 aliphatic heterocycles. The zero-order valence-corrected chi connectivity index (χ0v) is 28.6. The number of thiol groups is 1. The number of rotatable bonds is 25. The minimum Gasteiger partial charge on any atom is -0.480 e. The van der Waals surface area contributed by atoms with Crippen LogP contribution >= 0.6 is 24.4 Å². The second kappa shape index (κ2) is 22.4. The van der Waals surface area contributed by atoms with Crippen molar-refractivity contribution in [3.05, 3.63) is 18.0 Å². The average molecular weight is 733 g/mol. The molecule has 20 heteroatoms. The average Bonchev–Trinajstić information content (AvgIpc) is 3.43. The Bertz CT molecular complexity index is 1340. The van der Waals surface area contributed by atoms with Crippen molar-refractivity contribution in [2.24, 2.45) is 5.73 Å². The zero-order chi connectivity index (χ0) is 37.1. The van der Waals surface area contributed by atoms with Gasteiger partial charge in [0.1, 0.15) is 37.3 Å². The molecule has 0 saturated carbocycles. The number of carbonyl (C=O) groups is 8. The Balaban J connectivity index is 3.18. The summed E-state index contributed by atoms with van der Waals surface area (Å²) >= 11 is 5.13. The highest BCUT2D eigenvalue weighted by molar-refractivity contribution is 7.99. The van der Waals surface area contributed by atoms with Gasteiger partial charge in [-0.25, -0.2) is 4.79 Å². The first-order valence-electron chi connectivity index (χ1n) is 15.3. The summed E-state index contributed by atoms with van der Waals surface area (Å²) in [5, 5.41) is 46.1. The lowest BCUT2D eigenvalue weighted by atomic mass is 10.1. The van der Waals surface area contributed by atoms with Gasteiger partial charge in [-0.2, -0.15) is 12.6 Å². The maximum Gasteiger partial charge on any atom is 0.326 e. The predicted molar refractivity (Wildman–Crippen MR) is 178 cm³/mol. The molecule has 0 aromatic carbocycles. The van der Waals surface area contributed by atoms with Crippen LogP contribution in [0, 0.1) is 0 Å². The van der Waals surface area contributed by atoms with E-state index in [-0.39, 0.29) is 37.2 Å². The quantitative estimate of drug-likeness (QED) is 0.0335. The Morgan fingerprint density at radius 1 is 0.837 bits per heavy atom. The summed E-state index contributed by atoms with van der Waals surface area (Å²) in [6.07, 6.45) is 3.33. The number of nitrogens with two attached hydrogens (primary N) is 1. The van der Waals surface area contributed by atoms with Gasteiger partial charge in [-0.1, -0.05) is 19.8 Å². The monoisotopic (exact) mass is 732 g/mol. The molecule has 1 aromatic rings. The molecule has 0 bridgehead atoms. The molecule has 4 amide bonds. The molecule has 0 aliphatic carbocycles. The van der Waals surface area contributed by atoms with E-state index in [1.165, 1.54) is 10.8 Å². The van der Waals surface area contributed by atoms with Crippen LogP contribution in [0.4, 0.5) is 0 Å². The number of nitrogens with one attached hydrogen (secondary N) is 4. The lowest BCUT2D eigenvalue weighted by Gasteiger charge is -2.21. The number of carbonyl (C=O) groups excluding carboxylic acids is 4. The summed E-state index contributed by atoms with van der Waals surface area (Å²) < 4.78 is 1.51. The Morgan fingerprint density at radius 3 is 1.90 bits per heavy atom. The summed E-state index contributed by atoms with van der Waals surface area (Å²) in [5.74, 6) is -8.26. The number of amides is 4. The predicted octanol–water partition coefficient (Wildman–Crippen LogP) is -0.788. The number of aliphatic carboxylic acids is 4. The molecule has 49 heavy (non-hydrogen) atoms. The number of carboxylic acids is 4. The van der Waals surface area contributed by atoms with Crippen molar-refractivity contribution in [1.29, 1.82) is 0 Å². The van der Waals surface area contributed by atoms with Gasteiger partial charge in [0.25, 0.3) is 0 Å². The van der Waals surface area contributed by atoms with Crippen LogP contribution in [0.3, 0.4) is 0 Å². The van der Waals surface area contributed by atoms with Crippen molar-refractivity contribution in [3.8, 4) is 0 Å². The highest BCUT2D eigenvalue weighted by Crippen LogP contribution is 2.30. The van der Waals surface area contributed by atoms with Crippen LogP contribution in [0.15, 0.2) is 17.2 Å². The fraction of sp³-hybridized carbons (Fsp3) is 0.586. The van der Waals surface area contributed by atoms with Crippen LogP contribution < -0.4 is 27.0 Å². The molecule has 1 heterocycles. The molecule has 10 N–H and O–H groups in total. The van der Waals surface area contributed by atoms with Crippen LogP contribution in [0.5, 0.6) is 0 Å². The number of hydrogen-bond acceptors (Lipinski definition) is 11. The summed E-state index contributed by atoms with van der Waals surface area (Å²) in [6, 6.07) is -3.26. The molecule has 0 saturated heterocycles. The molecule has 0 radical (unpaired) electrons. The maximum atomic E-state index is 12.8. The Kier molecular flexibility index (Phi) is 19.5. The molecule has 1 rings (SSSR count). The number of nitrogens with zero attached hydrogens (tertiary/aromatic N) is 1. The van der Waals surface area contributed by atoms with Crippen molar-refractivity contribution < 1.29 is 58.8 Å². The van der Waals surface area contributed by atoms with Gasteiger partial charge in [0.05, 0.1) is 0 Å². The Hall–Kier alpha value is -4.30. The number of thioether (sulfide) groups is 1. The highest BCUT2D eigenvalue weighted by Gasteiger charge is 2.28. The third-order valence-corrected chi connectivity index (χ3v) is 8.53. The molecular weight excluding hydrogens is 688 g/mol. The minimum atomic E-state index is -1.32. The van der Waals surface area contributed by atoms with E-state index in [0.29, 0.717) is 23.4 Å². The topological polar surface area (TPSA) is 297 Å².